The monoisotopic (exact) mass is 380 g/mol. The number of likely N-dealkylation sites (N-methyl/N-ethyl adjacent to an activating group) is 1. The summed E-state index contributed by atoms with van der Waals surface area (Å²) < 4.78 is 5.71. The molecule has 1 aromatic carbocycles. The summed E-state index contributed by atoms with van der Waals surface area (Å²) in [5.74, 6) is -0.586. The van der Waals surface area contributed by atoms with E-state index in [0.717, 1.165) is 9.21 Å². The van der Waals surface area contributed by atoms with Gasteiger partial charge in [0.15, 0.2) is 0 Å². The summed E-state index contributed by atoms with van der Waals surface area (Å²) >= 11 is 7.43. The van der Waals surface area contributed by atoms with Gasteiger partial charge in [0.05, 0.1) is 17.5 Å². The number of thiophene rings is 1. The molecule has 1 heterocycles. The van der Waals surface area contributed by atoms with Crippen molar-refractivity contribution in [3.8, 4) is 0 Å². The molecule has 1 amide bonds. The maximum atomic E-state index is 12.7. The second kappa shape index (κ2) is 9.56. The van der Waals surface area contributed by atoms with Crippen LogP contribution in [0, 0.1) is 0 Å². The highest BCUT2D eigenvalue weighted by molar-refractivity contribution is 7.16. The summed E-state index contributed by atoms with van der Waals surface area (Å²) in [5, 5.41) is 0. The van der Waals surface area contributed by atoms with E-state index in [1.807, 2.05) is 42.3 Å². The number of carbonyl (C=O) groups excluding carboxylic acids is 2. The van der Waals surface area contributed by atoms with Gasteiger partial charge < -0.3 is 9.64 Å². The van der Waals surface area contributed by atoms with E-state index >= 15 is 0 Å². The van der Waals surface area contributed by atoms with Gasteiger partial charge in [0, 0.05) is 17.1 Å². The fourth-order valence-corrected chi connectivity index (χ4v) is 3.51. The quantitative estimate of drug-likeness (QED) is 0.658. The third kappa shape index (κ3) is 6.16. The fourth-order valence-electron chi connectivity index (χ4n) is 2.34. The number of para-hydroxylation sites is 1. The van der Waals surface area contributed by atoms with Crippen molar-refractivity contribution in [3.05, 3.63) is 51.7 Å². The molecular formula is C18H21ClN2O3S. The van der Waals surface area contributed by atoms with Crippen LogP contribution in [0.3, 0.4) is 0 Å². The van der Waals surface area contributed by atoms with Crippen LogP contribution in [0.2, 0.25) is 4.34 Å². The molecule has 0 aliphatic rings. The number of carbonyl (C=O) groups is 2. The van der Waals surface area contributed by atoms with E-state index in [2.05, 4.69) is 0 Å². The highest BCUT2D eigenvalue weighted by Crippen LogP contribution is 2.22. The Morgan fingerprint density at radius 3 is 2.44 bits per heavy atom. The Morgan fingerprint density at radius 1 is 1.12 bits per heavy atom. The number of esters is 1. The van der Waals surface area contributed by atoms with Gasteiger partial charge in [0.1, 0.15) is 6.54 Å². The third-order valence-corrected chi connectivity index (χ3v) is 4.64. The molecular weight excluding hydrogens is 360 g/mol. The summed E-state index contributed by atoms with van der Waals surface area (Å²) in [6.07, 6.45) is 0. The lowest BCUT2D eigenvalue weighted by Crippen LogP contribution is -2.42. The standard InChI is InChI=1S/C18H21ClN2O3S/c1-3-24-18(23)13-21(14-7-5-4-6-8-14)17(22)12-20(2)11-15-9-10-16(19)25-15/h4-10H,3,11-13H2,1-2H3. The molecule has 0 saturated heterocycles. The largest absolute Gasteiger partial charge is 0.465 e. The van der Waals surface area contributed by atoms with Crippen LogP contribution in [0.5, 0.6) is 0 Å². The molecule has 0 bridgehead atoms. The van der Waals surface area contributed by atoms with Gasteiger partial charge >= 0.3 is 5.97 Å². The Hall–Kier alpha value is -1.89. The van der Waals surface area contributed by atoms with Crippen molar-refractivity contribution >= 4 is 40.5 Å². The van der Waals surface area contributed by atoms with Gasteiger partial charge in [-0.1, -0.05) is 29.8 Å². The van der Waals surface area contributed by atoms with Crippen molar-refractivity contribution in [2.45, 2.75) is 13.5 Å². The summed E-state index contributed by atoms with van der Waals surface area (Å²) in [5.41, 5.74) is 0.674. The first-order valence-electron chi connectivity index (χ1n) is 7.93. The van der Waals surface area contributed by atoms with E-state index in [9.17, 15) is 9.59 Å². The van der Waals surface area contributed by atoms with Crippen LogP contribution in [0.25, 0.3) is 0 Å². The Balaban J connectivity index is 2.04. The van der Waals surface area contributed by atoms with E-state index in [0.29, 0.717) is 12.2 Å². The summed E-state index contributed by atoms with van der Waals surface area (Å²) in [7, 11) is 1.86. The van der Waals surface area contributed by atoms with Crippen LogP contribution < -0.4 is 4.90 Å². The third-order valence-electron chi connectivity index (χ3n) is 3.42. The number of hydrogen-bond acceptors (Lipinski definition) is 5. The SMILES string of the molecule is CCOC(=O)CN(C(=O)CN(C)Cc1ccc(Cl)s1)c1ccccc1. The highest BCUT2D eigenvalue weighted by atomic mass is 35.5. The van der Waals surface area contributed by atoms with Crippen LogP contribution in [0.15, 0.2) is 42.5 Å². The molecule has 0 fully saturated rings. The van der Waals surface area contributed by atoms with Crippen molar-refractivity contribution in [1.29, 1.82) is 0 Å². The van der Waals surface area contributed by atoms with Gasteiger partial charge in [-0.15, -0.1) is 11.3 Å². The van der Waals surface area contributed by atoms with E-state index in [1.165, 1.54) is 16.2 Å². The molecule has 0 saturated carbocycles. The molecule has 0 N–H and O–H groups in total. The zero-order valence-corrected chi connectivity index (χ0v) is 15.8. The van der Waals surface area contributed by atoms with Crippen molar-refractivity contribution < 1.29 is 14.3 Å². The van der Waals surface area contributed by atoms with Crippen LogP contribution in [-0.4, -0.2) is 43.5 Å². The number of anilines is 1. The summed E-state index contributed by atoms with van der Waals surface area (Å²) in [6.45, 7) is 2.73. The van der Waals surface area contributed by atoms with E-state index in [1.54, 1.807) is 19.1 Å². The van der Waals surface area contributed by atoms with Crippen LogP contribution >= 0.6 is 22.9 Å². The average Bonchev–Trinajstić information content (AvgIpc) is 2.98. The fraction of sp³-hybridized carbons (Fsp3) is 0.333. The lowest BCUT2D eigenvalue weighted by atomic mass is 10.2. The van der Waals surface area contributed by atoms with Gasteiger partial charge in [0.2, 0.25) is 5.91 Å². The van der Waals surface area contributed by atoms with E-state index < -0.39 is 5.97 Å². The van der Waals surface area contributed by atoms with Gasteiger partial charge in [-0.25, -0.2) is 0 Å². The molecule has 0 atom stereocenters. The molecule has 7 heteroatoms. The first-order valence-corrected chi connectivity index (χ1v) is 9.12. The van der Waals surface area contributed by atoms with E-state index in [-0.39, 0.29) is 25.6 Å². The van der Waals surface area contributed by atoms with Crippen molar-refractivity contribution in [2.75, 3.05) is 31.6 Å². The molecule has 0 spiro atoms. The number of benzene rings is 1. The van der Waals surface area contributed by atoms with Crippen LogP contribution in [-0.2, 0) is 20.9 Å². The Kier molecular flexibility index (Phi) is 7.43. The number of amides is 1. The number of hydrogen-bond donors (Lipinski definition) is 0. The molecule has 5 nitrogen and oxygen atoms in total. The Bertz CT molecular complexity index is 705. The molecule has 25 heavy (non-hydrogen) atoms. The maximum absolute atomic E-state index is 12.7. The van der Waals surface area contributed by atoms with Gasteiger partial charge in [0.25, 0.3) is 0 Å². The number of nitrogens with zero attached hydrogens (tertiary/aromatic N) is 2. The minimum atomic E-state index is -0.424. The molecule has 2 aromatic rings. The lowest BCUT2D eigenvalue weighted by Gasteiger charge is -2.24. The molecule has 2 rings (SSSR count). The second-order valence-corrected chi connectivity index (χ2v) is 7.30. The van der Waals surface area contributed by atoms with Gasteiger partial charge in [-0.3, -0.25) is 14.5 Å². The number of ether oxygens (including phenoxy) is 1. The predicted octanol–water partition coefficient (Wildman–Crippen LogP) is 3.43. The first-order chi connectivity index (χ1) is 12.0. The topological polar surface area (TPSA) is 49.9 Å². The molecule has 0 aliphatic carbocycles. The smallest absolute Gasteiger partial charge is 0.326 e. The normalized spacial score (nSPS) is 10.7. The number of halogens is 1. The minimum Gasteiger partial charge on any atom is -0.465 e. The zero-order valence-electron chi connectivity index (χ0n) is 14.3. The van der Waals surface area contributed by atoms with Gasteiger partial charge in [-0.05, 0) is 38.2 Å². The van der Waals surface area contributed by atoms with Crippen LogP contribution in [0.4, 0.5) is 5.69 Å². The second-order valence-electron chi connectivity index (χ2n) is 5.50. The lowest BCUT2D eigenvalue weighted by molar-refractivity contribution is -0.142. The van der Waals surface area contributed by atoms with Gasteiger partial charge in [-0.2, -0.15) is 0 Å². The molecule has 0 unspecified atom stereocenters. The molecule has 0 aliphatic heterocycles. The summed E-state index contributed by atoms with van der Waals surface area (Å²) in [4.78, 5) is 29.0. The maximum Gasteiger partial charge on any atom is 0.326 e. The number of rotatable bonds is 8. The molecule has 0 radical (unpaired) electrons. The van der Waals surface area contributed by atoms with Crippen molar-refractivity contribution in [2.24, 2.45) is 0 Å². The van der Waals surface area contributed by atoms with Crippen molar-refractivity contribution in [3.63, 3.8) is 0 Å². The van der Waals surface area contributed by atoms with E-state index in [4.69, 9.17) is 16.3 Å². The Labute approximate surface area is 156 Å². The first kappa shape index (κ1) is 19.4. The average molecular weight is 381 g/mol. The highest BCUT2D eigenvalue weighted by Gasteiger charge is 2.21. The summed E-state index contributed by atoms with van der Waals surface area (Å²) in [6, 6.07) is 12.9. The zero-order chi connectivity index (χ0) is 18.2. The minimum absolute atomic E-state index is 0.102. The predicted molar refractivity (Wildman–Crippen MR) is 101 cm³/mol. The van der Waals surface area contributed by atoms with Crippen LogP contribution in [0.1, 0.15) is 11.8 Å². The Morgan fingerprint density at radius 2 is 1.84 bits per heavy atom. The molecule has 134 valence electrons. The molecule has 1 aromatic heterocycles. The van der Waals surface area contributed by atoms with Crippen molar-refractivity contribution in [1.82, 2.24) is 4.90 Å².